The van der Waals surface area contributed by atoms with Crippen LogP contribution in [0.1, 0.15) is 0 Å². The summed E-state index contributed by atoms with van der Waals surface area (Å²) in [6.07, 6.45) is 0. The van der Waals surface area contributed by atoms with Gasteiger partial charge in [-0.25, -0.2) is 0 Å². The molecule has 0 aliphatic heterocycles. The van der Waals surface area contributed by atoms with E-state index in [4.69, 9.17) is 25.4 Å². The Bertz CT molecular complexity index is 706. The van der Waals surface area contributed by atoms with Crippen molar-refractivity contribution in [2.45, 2.75) is 0 Å². The Morgan fingerprint density at radius 2 is 0.677 bits per heavy atom. The molecule has 0 radical (unpaired) electrons. The van der Waals surface area contributed by atoms with Crippen LogP contribution in [0.15, 0.2) is 91.0 Å². The van der Waals surface area contributed by atoms with Crippen LogP contribution in [0.2, 0.25) is 0 Å². The molecule has 0 fully saturated rings. The standard InChI is InChI=1S/C24H27AsO6/c1-4-10-22(11-5-1)26-16-19-29-25(30-20-17-27-23-12-6-2-7-13-23)31-21-18-28-24-14-8-3-9-15-24/h1-15H,16-21H2. The molecular weight excluding hydrogens is 459 g/mol. The van der Waals surface area contributed by atoms with Gasteiger partial charge in [0.2, 0.25) is 0 Å². The average Bonchev–Trinajstić information content (AvgIpc) is 2.83. The topological polar surface area (TPSA) is 55.4 Å². The number of rotatable bonds is 15. The van der Waals surface area contributed by atoms with Crippen molar-refractivity contribution in [3.63, 3.8) is 0 Å². The van der Waals surface area contributed by atoms with Gasteiger partial charge < -0.3 is 0 Å². The van der Waals surface area contributed by atoms with Crippen LogP contribution in [-0.4, -0.2) is 55.3 Å². The van der Waals surface area contributed by atoms with Gasteiger partial charge in [0, 0.05) is 0 Å². The van der Waals surface area contributed by atoms with Crippen molar-refractivity contribution in [3.05, 3.63) is 91.0 Å². The van der Waals surface area contributed by atoms with E-state index in [1.165, 1.54) is 0 Å². The molecule has 3 aromatic carbocycles. The molecule has 0 amide bonds. The molecule has 0 heterocycles. The van der Waals surface area contributed by atoms with E-state index in [1.807, 2.05) is 91.0 Å². The summed E-state index contributed by atoms with van der Waals surface area (Å²) >= 11 is -2.43. The van der Waals surface area contributed by atoms with E-state index in [0.717, 1.165) is 17.2 Å². The maximum atomic E-state index is 5.83. The van der Waals surface area contributed by atoms with Crippen molar-refractivity contribution in [1.29, 1.82) is 0 Å². The molecular formula is C24H27AsO6. The minimum atomic E-state index is -2.43. The van der Waals surface area contributed by atoms with E-state index in [0.29, 0.717) is 39.6 Å². The number of hydrogen-bond donors (Lipinski definition) is 0. The van der Waals surface area contributed by atoms with Gasteiger partial charge in [-0.15, -0.1) is 0 Å². The molecule has 3 rings (SSSR count). The summed E-state index contributed by atoms with van der Waals surface area (Å²) in [5.74, 6) is 2.42. The van der Waals surface area contributed by atoms with E-state index < -0.39 is 15.7 Å². The van der Waals surface area contributed by atoms with Crippen LogP contribution in [0.4, 0.5) is 0 Å². The Hall–Kier alpha value is -2.50. The fourth-order valence-corrected chi connectivity index (χ4v) is 4.35. The van der Waals surface area contributed by atoms with Gasteiger partial charge in [-0.2, -0.15) is 0 Å². The van der Waals surface area contributed by atoms with Crippen LogP contribution in [0, 0.1) is 0 Å². The predicted molar refractivity (Wildman–Crippen MR) is 119 cm³/mol. The van der Waals surface area contributed by atoms with Crippen LogP contribution in [0.5, 0.6) is 17.2 Å². The van der Waals surface area contributed by atoms with Crippen LogP contribution >= 0.6 is 0 Å². The normalized spacial score (nSPS) is 10.7. The summed E-state index contributed by atoms with van der Waals surface area (Å²) in [6, 6.07) is 28.9. The van der Waals surface area contributed by atoms with Crippen LogP contribution in [0.3, 0.4) is 0 Å². The van der Waals surface area contributed by atoms with E-state index in [9.17, 15) is 0 Å². The first-order valence-electron chi connectivity index (χ1n) is 10.1. The molecule has 0 aliphatic carbocycles. The zero-order valence-electron chi connectivity index (χ0n) is 17.3. The van der Waals surface area contributed by atoms with Crippen molar-refractivity contribution >= 4 is 15.7 Å². The van der Waals surface area contributed by atoms with E-state index in [2.05, 4.69) is 0 Å². The molecule has 6 nitrogen and oxygen atoms in total. The number of hydrogen-bond acceptors (Lipinski definition) is 6. The van der Waals surface area contributed by atoms with E-state index >= 15 is 0 Å². The van der Waals surface area contributed by atoms with Crippen LogP contribution in [0.25, 0.3) is 0 Å². The van der Waals surface area contributed by atoms with Crippen molar-refractivity contribution in [1.82, 2.24) is 0 Å². The second kappa shape index (κ2) is 14.5. The van der Waals surface area contributed by atoms with Gasteiger partial charge in [0.15, 0.2) is 0 Å². The van der Waals surface area contributed by atoms with Gasteiger partial charge in [0.1, 0.15) is 0 Å². The summed E-state index contributed by atoms with van der Waals surface area (Å²) in [7, 11) is 0. The molecule has 0 saturated heterocycles. The Balaban J connectivity index is 1.36. The zero-order valence-corrected chi connectivity index (χ0v) is 19.2. The van der Waals surface area contributed by atoms with E-state index in [-0.39, 0.29) is 0 Å². The minimum absolute atomic E-state index is 0.383. The molecule has 31 heavy (non-hydrogen) atoms. The Kier molecular flexibility index (Phi) is 10.8. The Morgan fingerprint density at radius 1 is 0.387 bits per heavy atom. The number of benzene rings is 3. The molecule has 0 aliphatic rings. The molecule has 0 spiro atoms. The maximum absolute atomic E-state index is 5.83. The second-order valence-electron chi connectivity index (χ2n) is 6.21. The summed E-state index contributed by atoms with van der Waals surface area (Å²) < 4.78 is 34.5. The van der Waals surface area contributed by atoms with Gasteiger partial charge in [-0.1, -0.05) is 0 Å². The van der Waals surface area contributed by atoms with E-state index in [1.54, 1.807) is 0 Å². The molecule has 0 N–H and O–H groups in total. The molecule has 0 bridgehead atoms. The SMILES string of the molecule is c1ccc(OCCO[As](OCCOc2ccccc2)OCCOc2ccccc2)cc1. The van der Waals surface area contributed by atoms with Gasteiger partial charge in [0.25, 0.3) is 0 Å². The quantitative estimate of drug-likeness (QED) is 0.237. The van der Waals surface area contributed by atoms with Crippen molar-refractivity contribution in [2.24, 2.45) is 0 Å². The van der Waals surface area contributed by atoms with Crippen LogP contribution < -0.4 is 14.2 Å². The molecule has 0 unspecified atom stereocenters. The summed E-state index contributed by atoms with van der Waals surface area (Å²) in [4.78, 5) is 0. The Labute approximate surface area is 188 Å². The number of ether oxygens (including phenoxy) is 3. The van der Waals surface area contributed by atoms with Gasteiger partial charge in [-0.3, -0.25) is 0 Å². The number of para-hydroxylation sites is 3. The molecule has 7 heteroatoms. The Morgan fingerprint density at radius 3 is 0.968 bits per heavy atom. The van der Waals surface area contributed by atoms with Crippen molar-refractivity contribution < 1.29 is 25.4 Å². The molecule has 0 aromatic heterocycles. The van der Waals surface area contributed by atoms with Crippen molar-refractivity contribution in [3.8, 4) is 17.2 Å². The predicted octanol–water partition coefficient (Wildman–Crippen LogP) is 4.26. The van der Waals surface area contributed by atoms with Gasteiger partial charge in [0.05, 0.1) is 0 Å². The van der Waals surface area contributed by atoms with Gasteiger partial charge >= 0.3 is 189 Å². The summed E-state index contributed by atoms with van der Waals surface area (Å²) in [5, 5.41) is 0. The molecule has 164 valence electrons. The third kappa shape index (κ3) is 9.90. The summed E-state index contributed by atoms with van der Waals surface area (Å²) in [6.45, 7) is 2.41. The third-order valence-electron chi connectivity index (χ3n) is 3.88. The first kappa shape index (κ1) is 23.2. The monoisotopic (exact) mass is 486 g/mol. The second-order valence-corrected chi connectivity index (χ2v) is 8.77. The van der Waals surface area contributed by atoms with Crippen LogP contribution in [-0.2, 0) is 11.2 Å². The molecule has 3 aromatic rings. The first-order valence-corrected chi connectivity index (χ1v) is 12.4. The average molecular weight is 486 g/mol. The third-order valence-corrected chi connectivity index (χ3v) is 6.35. The molecule has 0 saturated carbocycles. The summed E-state index contributed by atoms with van der Waals surface area (Å²) in [5.41, 5.74) is 0. The first-order chi connectivity index (χ1) is 15.4. The van der Waals surface area contributed by atoms with Gasteiger partial charge in [-0.05, 0) is 0 Å². The molecule has 0 atom stereocenters. The fourth-order valence-electron chi connectivity index (χ4n) is 2.48. The fraction of sp³-hybridized carbons (Fsp3) is 0.250. The van der Waals surface area contributed by atoms with Crippen molar-refractivity contribution in [2.75, 3.05) is 39.6 Å². The zero-order chi connectivity index (χ0) is 21.4.